The Labute approximate surface area is 83.6 Å². The van der Waals surface area contributed by atoms with Gasteiger partial charge in [-0.15, -0.1) is 0 Å². The highest BCUT2D eigenvalue weighted by molar-refractivity contribution is 5.75. The van der Waals surface area contributed by atoms with Gasteiger partial charge >= 0.3 is 0 Å². The Kier molecular flexibility index (Phi) is 1.63. The van der Waals surface area contributed by atoms with E-state index in [1.165, 1.54) is 17.8 Å². The Morgan fingerprint density at radius 2 is 2.21 bits per heavy atom. The molecule has 1 aliphatic rings. The van der Waals surface area contributed by atoms with Crippen LogP contribution in [-0.2, 0) is 13.0 Å². The van der Waals surface area contributed by atoms with Crippen molar-refractivity contribution < 1.29 is 0 Å². The maximum Gasteiger partial charge on any atom is 0.110 e. The summed E-state index contributed by atoms with van der Waals surface area (Å²) in [6, 6.07) is 8.42. The molecule has 72 valence electrons. The number of para-hydroxylation sites is 2. The average molecular weight is 186 g/mol. The number of hydrogen-bond donors (Lipinski definition) is 0. The van der Waals surface area contributed by atoms with Gasteiger partial charge in [0.25, 0.3) is 0 Å². The molecule has 14 heavy (non-hydrogen) atoms. The van der Waals surface area contributed by atoms with E-state index in [0.29, 0.717) is 0 Å². The lowest BCUT2D eigenvalue weighted by Crippen LogP contribution is -2.17. The molecule has 3 rings (SSSR count). The summed E-state index contributed by atoms with van der Waals surface area (Å²) in [5.74, 6) is 2.06. The van der Waals surface area contributed by atoms with Gasteiger partial charge in [0.05, 0.1) is 11.0 Å². The molecule has 0 bridgehead atoms. The van der Waals surface area contributed by atoms with E-state index in [9.17, 15) is 0 Å². The first-order valence-corrected chi connectivity index (χ1v) is 5.29. The molecule has 0 amide bonds. The summed E-state index contributed by atoms with van der Waals surface area (Å²) in [6.07, 6.45) is 2.42. The summed E-state index contributed by atoms with van der Waals surface area (Å²) in [6.45, 7) is 3.44. The molecule has 2 aromatic rings. The molecule has 1 aromatic heterocycles. The molecule has 0 fully saturated rings. The van der Waals surface area contributed by atoms with Gasteiger partial charge in [0.1, 0.15) is 5.82 Å². The lowest BCUT2D eigenvalue weighted by atomic mass is 10.0. The van der Waals surface area contributed by atoms with Crippen LogP contribution in [0.15, 0.2) is 24.3 Å². The maximum atomic E-state index is 4.67. The molecule has 0 saturated heterocycles. The molecule has 0 aliphatic carbocycles. The molecule has 0 spiro atoms. The van der Waals surface area contributed by atoms with Gasteiger partial charge in [0.15, 0.2) is 0 Å². The molecule has 1 atom stereocenters. The molecule has 0 N–H and O–H groups in total. The number of imidazole rings is 1. The highest BCUT2D eigenvalue weighted by Gasteiger charge is 2.18. The van der Waals surface area contributed by atoms with E-state index in [1.807, 2.05) is 0 Å². The third-order valence-electron chi connectivity index (χ3n) is 3.11. The first-order valence-electron chi connectivity index (χ1n) is 5.29. The van der Waals surface area contributed by atoms with Crippen molar-refractivity contribution in [1.29, 1.82) is 0 Å². The molecule has 0 unspecified atom stereocenters. The fourth-order valence-electron chi connectivity index (χ4n) is 2.29. The molecule has 2 heterocycles. The van der Waals surface area contributed by atoms with Crippen LogP contribution in [0.4, 0.5) is 0 Å². The monoisotopic (exact) mass is 186 g/mol. The fraction of sp³-hybridized carbons (Fsp3) is 0.417. The predicted octanol–water partition coefficient (Wildman–Crippen LogP) is 2.62. The van der Waals surface area contributed by atoms with Gasteiger partial charge < -0.3 is 4.57 Å². The van der Waals surface area contributed by atoms with E-state index >= 15 is 0 Å². The quantitative estimate of drug-likeness (QED) is 0.618. The lowest BCUT2D eigenvalue weighted by molar-refractivity contribution is 0.415. The largest absolute Gasteiger partial charge is 0.328 e. The summed E-state index contributed by atoms with van der Waals surface area (Å²) in [5.41, 5.74) is 2.45. The summed E-state index contributed by atoms with van der Waals surface area (Å²) in [7, 11) is 0. The Morgan fingerprint density at radius 3 is 3.14 bits per heavy atom. The second kappa shape index (κ2) is 2.84. The lowest BCUT2D eigenvalue weighted by Gasteiger charge is -2.19. The third kappa shape index (κ3) is 1.07. The van der Waals surface area contributed by atoms with Crippen LogP contribution < -0.4 is 0 Å². The Morgan fingerprint density at radius 1 is 1.36 bits per heavy atom. The Hall–Kier alpha value is -1.31. The van der Waals surface area contributed by atoms with Crippen LogP contribution in [0.1, 0.15) is 19.2 Å². The normalized spacial score (nSPS) is 21.1. The number of fused-ring (bicyclic) bond motifs is 3. The van der Waals surface area contributed by atoms with Crippen LogP contribution in [0.2, 0.25) is 0 Å². The summed E-state index contributed by atoms with van der Waals surface area (Å²) in [4.78, 5) is 4.67. The Bertz CT molecular complexity index is 470. The molecule has 0 saturated carbocycles. The number of hydrogen-bond acceptors (Lipinski definition) is 1. The second-order valence-electron chi connectivity index (χ2n) is 4.27. The van der Waals surface area contributed by atoms with Crippen molar-refractivity contribution in [3.63, 3.8) is 0 Å². The standard InChI is InChI=1S/C12H14N2/c1-9-6-7-14-11-5-3-2-4-10(11)13-12(14)8-9/h2-5,9H,6-8H2,1H3/t9-/m0/s1. The van der Waals surface area contributed by atoms with Gasteiger partial charge in [-0.3, -0.25) is 0 Å². The predicted molar refractivity (Wildman–Crippen MR) is 57.2 cm³/mol. The topological polar surface area (TPSA) is 17.8 Å². The van der Waals surface area contributed by atoms with Crippen LogP contribution in [0.3, 0.4) is 0 Å². The molecule has 2 heteroatoms. The van der Waals surface area contributed by atoms with Crippen LogP contribution in [0.5, 0.6) is 0 Å². The molecule has 0 radical (unpaired) electrons. The van der Waals surface area contributed by atoms with E-state index in [2.05, 4.69) is 40.7 Å². The average Bonchev–Trinajstić information content (AvgIpc) is 2.54. The van der Waals surface area contributed by atoms with E-state index in [1.54, 1.807) is 0 Å². The smallest absolute Gasteiger partial charge is 0.110 e. The van der Waals surface area contributed by atoms with E-state index in [0.717, 1.165) is 24.4 Å². The maximum absolute atomic E-state index is 4.67. The zero-order chi connectivity index (χ0) is 9.54. The van der Waals surface area contributed by atoms with Crippen LogP contribution >= 0.6 is 0 Å². The van der Waals surface area contributed by atoms with Crippen molar-refractivity contribution in [2.45, 2.75) is 26.3 Å². The van der Waals surface area contributed by atoms with E-state index in [-0.39, 0.29) is 0 Å². The summed E-state index contributed by atoms with van der Waals surface area (Å²) < 4.78 is 2.37. The van der Waals surface area contributed by atoms with Crippen molar-refractivity contribution in [2.24, 2.45) is 5.92 Å². The number of aromatic nitrogens is 2. The zero-order valence-electron chi connectivity index (χ0n) is 8.40. The number of nitrogens with zero attached hydrogens (tertiary/aromatic N) is 2. The van der Waals surface area contributed by atoms with Crippen molar-refractivity contribution in [3.8, 4) is 0 Å². The van der Waals surface area contributed by atoms with Crippen molar-refractivity contribution in [1.82, 2.24) is 9.55 Å². The van der Waals surface area contributed by atoms with Gasteiger partial charge in [-0.25, -0.2) is 4.98 Å². The first-order chi connectivity index (χ1) is 6.84. The SMILES string of the molecule is C[C@H]1CCn2c(nc3ccccc32)C1. The highest BCUT2D eigenvalue weighted by Crippen LogP contribution is 2.24. The van der Waals surface area contributed by atoms with Crippen LogP contribution in [0, 0.1) is 5.92 Å². The van der Waals surface area contributed by atoms with E-state index in [4.69, 9.17) is 0 Å². The third-order valence-corrected chi connectivity index (χ3v) is 3.11. The second-order valence-corrected chi connectivity index (χ2v) is 4.27. The van der Waals surface area contributed by atoms with Crippen LogP contribution in [0.25, 0.3) is 11.0 Å². The van der Waals surface area contributed by atoms with Crippen LogP contribution in [-0.4, -0.2) is 9.55 Å². The van der Waals surface area contributed by atoms with Crippen molar-refractivity contribution in [2.75, 3.05) is 0 Å². The minimum atomic E-state index is 0.791. The minimum Gasteiger partial charge on any atom is -0.328 e. The summed E-state index contributed by atoms with van der Waals surface area (Å²) in [5, 5.41) is 0. The van der Waals surface area contributed by atoms with Gasteiger partial charge in [-0.2, -0.15) is 0 Å². The zero-order valence-corrected chi connectivity index (χ0v) is 8.40. The van der Waals surface area contributed by atoms with Gasteiger partial charge in [-0.05, 0) is 24.5 Å². The minimum absolute atomic E-state index is 0.791. The van der Waals surface area contributed by atoms with E-state index < -0.39 is 0 Å². The molecular formula is C12H14N2. The highest BCUT2D eigenvalue weighted by atomic mass is 15.1. The molecule has 2 nitrogen and oxygen atoms in total. The molecular weight excluding hydrogens is 172 g/mol. The number of rotatable bonds is 0. The Balaban J connectivity index is 2.24. The summed E-state index contributed by atoms with van der Waals surface area (Å²) >= 11 is 0. The van der Waals surface area contributed by atoms with Crippen molar-refractivity contribution in [3.05, 3.63) is 30.1 Å². The van der Waals surface area contributed by atoms with Gasteiger partial charge in [0.2, 0.25) is 0 Å². The molecule has 1 aromatic carbocycles. The number of aryl methyl sites for hydroxylation is 1. The fourth-order valence-corrected chi connectivity index (χ4v) is 2.29. The van der Waals surface area contributed by atoms with Gasteiger partial charge in [-0.1, -0.05) is 19.1 Å². The van der Waals surface area contributed by atoms with Crippen molar-refractivity contribution >= 4 is 11.0 Å². The first kappa shape index (κ1) is 8.04. The molecule has 1 aliphatic heterocycles. The van der Waals surface area contributed by atoms with Gasteiger partial charge in [0, 0.05) is 13.0 Å². The number of benzene rings is 1.